The largest absolute Gasteiger partial charge is 0.468 e. The van der Waals surface area contributed by atoms with Crippen molar-refractivity contribution in [2.24, 2.45) is 5.73 Å². The predicted octanol–water partition coefficient (Wildman–Crippen LogP) is 0.862. The molecule has 0 saturated heterocycles. The van der Waals surface area contributed by atoms with Crippen molar-refractivity contribution in [1.82, 2.24) is 4.90 Å². The predicted molar refractivity (Wildman–Crippen MR) is 77.1 cm³/mol. The van der Waals surface area contributed by atoms with Crippen molar-refractivity contribution >= 4 is 23.6 Å². The molecule has 0 spiro atoms. The summed E-state index contributed by atoms with van der Waals surface area (Å²) in [5.74, 6) is 1.32. The van der Waals surface area contributed by atoms with E-state index in [4.69, 9.17) is 10.2 Å². The minimum atomic E-state index is -0.622. The van der Waals surface area contributed by atoms with E-state index in [1.54, 1.807) is 24.3 Å². The van der Waals surface area contributed by atoms with Crippen molar-refractivity contribution in [2.75, 3.05) is 25.7 Å². The van der Waals surface area contributed by atoms with Gasteiger partial charge in [-0.25, -0.2) is 0 Å². The van der Waals surface area contributed by atoms with Gasteiger partial charge in [0.15, 0.2) is 0 Å². The fraction of sp³-hybridized carbons (Fsp3) is 0.538. The van der Waals surface area contributed by atoms with Crippen LogP contribution in [0.25, 0.3) is 0 Å². The van der Waals surface area contributed by atoms with Gasteiger partial charge in [-0.3, -0.25) is 9.59 Å². The van der Waals surface area contributed by atoms with E-state index < -0.39 is 12.0 Å². The van der Waals surface area contributed by atoms with Crippen molar-refractivity contribution in [3.8, 4) is 0 Å². The van der Waals surface area contributed by atoms with Gasteiger partial charge in [-0.05, 0) is 24.3 Å². The standard InChI is InChI=1S/C13H20N2O4S/c1-15(8-10-4-3-6-19-10)12(16)9-20-7-5-11(14)13(17)18-2/h3-4,6,11H,5,7-9,14H2,1-2H3. The van der Waals surface area contributed by atoms with Gasteiger partial charge < -0.3 is 19.8 Å². The molecule has 0 aliphatic heterocycles. The molecule has 1 heterocycles. The number of hydrogen-bond donors (Lipinski definition) is 1. The summed E-state index contributed by atoms with van der Waals surface area (Å²) in [5, 5.41) is 0. The quantitative estimate of drug-likeness (QED) is 0.566. The van der Waals surface area contributed by atoms with Gasteiger partial charge in [0, 0.05) is 7.05 Å². The summed E-state index contributed by atoms with van der Waals surface area (Å²) in [7, 11) is 3.04. The lowest BCUT2D eigenvalue weighted by Gasteiger charge is -2.15. The second kappa shape index (κ2) is 8.65. The number of nitrogens with zero attached hydrogens (tertiary/aromatic N) is 1. The fourth-order valence-electron chi connectivity index (χ4n) is 1.47. The topological polar surface area (TPSA) is 85.8 Å². The van der Waals surface area contributed by atoms with Crippen LogP contribution in [0.5, 0.6) is 0 Å². The molecule has 0 saturated carbocycles. The van der Waals surface area contributed by atoms with E-state index in [0.29, 0.717) is 24.5 Å². The van der Waals surface area contributed by atoms with E-state index >= 15 is 0 Å². The SMILES string of the molecule is COC(=O)C(N)CCSCC(=O)N(C)Cc1ccco1. The summed E-state index contributed by atoms with van der Waals surface area (Å²) in [6.45, 7) is 0.452. The van der Waals surface area contributed by atoms with E-state index in [0.717, 1.165) is 5.76 Å². The Morgan fingerprint density at radius 1 is 1.55 bits per heavy atom. The molecule has 1 amide bonds. The van der Waals surface area contributed by atoms with Gasteiger partial charge in [0.25, 0.3) is 0 Å². The number of carbonyl (C=O) groups excluding carboxylic acids is 2. The average Bonchev–Trinajstić information content (AvgIpc) is 2.94. The summed E-state index contributed by atoms with van der Waals surface area (Å²) >= 11 is 1.45. The van der Waals surface area contributed by atoms with Crippen LogP contribution >= 0.6 is 11.8 Å². The fourth-order valence-corrected chi connectivity index (χ4v) is 2.43. The molecule has 0 bridgehead atoms. The highest BCUT2D eigenvalue weighted by Crippen LogP contribution is 2.09. The third-order valence-electron chi connectivity index (χ3n) is 2.70. The molecule has 20 heavy (non-hydrogen) atoms. The van der Waals surface area contributed by atoms with E-state index in [1.807, 2.05) is 6.07 Å². The summed E-state index contributed by atoms with van der Waals surface area (Å²) in [6, 6.07) is 2.99. The molecule has 7 heteroatoms. The molecule has 1 unspecified atom stereocenters. The summed E-state index contributed by atoms with van der Waals surface area (Å²) in [6.07, 6.45) is 2.07. The lowest BCUT2D eigenvalue weighted by molar-refractivity contribution is -0.142. The van der Waals surface area contributed by atoms with Gasteiger partial charge in [0.05, 0.1) is 25.7 Å². The number of thioether (sulfide) groups is 1. The lowest BCUT2D eigenvalue weighted by atomic mass is 10.2. The first kappa shape index (κ1) is 16.6. The zero-order valence-electron chi connectivity index (χ0n) is 11.7. The molecule has 1 atom stereocenters. The molecular formula is C13H20N2O4S. The number of methoxy groups -OCH3 is 1. The van der Waals surface area contributed by atoms with Crippen LogP contribution in [0.4, 0.5) is 0 Å². The number of esters is 1. The first-order chi connectivity index (χ1) is 9.54. The smallest absolute Gasteiger partial charge is 0.322 e. The molecular weight excluding hydrogens is 280 g/mol. The lowest BCUT2D eigenvalue weighted by Crippen LogP contribution is -2.32. The maximum absolute atomic E-state index is 11.8. The molecule has 0 aliphatic carbocycles. The second-order valence-electron chi connectivity index (χ2n) is 4.30. The Hall–Kier alpha value is -1.47. The van der Waals surface area contributed by atoms with Crippen LogP contribution in [-0.2, 0) is 20.9 Å². The Morgan fingerprint density at radius 2 is 2.30 bits per heavy atom. The molecule has 0 fully saturated rings. The molecule has 1 aromatic heterocycles. The van der Waals surface area contributed by atoms with Crippen LogP contribution in [0, 0.1) is 0 Å². The highest BCUT2D eigenvalue weighted by Gasteiger charge is 2.14. The minimum absolute atomic E-state index is 0.0121. The zero-order valence-corrected chi connectivity index (χ0v) is 12.5. The van der Waals surface area contributed by atoms with E-state index in [-0.39, 0.29) is 5.91 Å². The molecule has 6 nitrogen and oxygen atoms in total. The number of ether oxygens (including phenoxy) is 1. The number of carbonyl (C=O) groups is 2. The van der Waals surface area contributed by atoms with Crippen LogP contribution < -0.4 is 5.73 Å². The van der Waals surface area contributed by atoms with Gasteiger partial charge in [-0.15, -0.1) is 0 Å². The number of nitrogens with two attached hydrogens (primary N) is 1. The Bertz CT molecular complexity index is 422. The van der Waals surface area contributed by atoms with Crippen molar-refractivity contribution in [3.63, 3.8) is 0 Å². The van der Waals surface area contributed by atoms with Gasteiger partial charge in [-0.2, -0.15) is 11.8 Å². The highest BCUT2D eigenvalue weighted by atomic mass is 32.2. The first-order valence-electron chi connectivity index (χ1n) is 6.22. The van der Waals surface area contributed by atoms with Crippen LogP contribution in [0.1, 0.15) is 12.2 Å². The normalized spacial score (nSPS) is 11.9. The van der Waals surface area contributed by atoms with Crippen LogP contribution in [0.15, 0.2) is 22.8 Å². The summed E-state index contributed by atoms with van der Waals surface area (Å²) in [5.41, 5.74) is 5.60. The molecule has 0 aliphatic rings. The zero-order chi connectivity index (χ0) is 15.0. The molecule has 0 radical (unpaired) electrons. The monoisotopic (exact) mass is 300 g/mol. The van der Waals surface area contributed by atoms with Crippen molar-refractivity contribution in [2.45, 2.75) is 19.0 Å². The number of amides is 1. The van der Waals surface area contributed by atoms with Crippen LogP contribution in [0.3, 0.4) is 0 Å². The Morgan fingerprint density at radius 3 is 2.90 bits per heavy atom. The van der Waals surface area contributed by atoms with Gasteiger partial charge >= 0.3 is 5.97 Å². The maximum atomic E-state index is 11.8. The molecule has 0 aromatic carbocycles. The van der Waals surface area contributed by atoms with Crippen molar-refractivity contribution in [3.05, 3.63) is 24.2 Å². The molecule has 2 N–H and O–H groups in total. The van der Waals surface area contributed by atoms with Gasteiger partial charge in [0.1, 0.15) is 11.8 Å². The van der Waals surface area contributed by atoms with Crippen molar-refractivity contribution < 1.29 is 18.7 Å². The number of rotatable bonds is 8. The molecule has 112 valence electrons. The second-order valence-corrected chi connectivity index (χ2v) is 5.41. The average molecular weight is 300 g/mol. The maximum Gasteiger partial charge on any atom is 0.322 e. The van der Waals surface area contributed by atoms with E-state index in [2.05, 4.69) is 4.74 Å². The van der Waals surface area contributed by atoms with Crippen LogP contribution in [-0.4, -0.2) is 48.5 Å². The minimum Gasteiger partial charge on any atom is -0.468 e. The van der Waals surface area contributed by atoms with Gasteiger partial charge in [-0.1, -0.05) is 0 Å². The third-order valence-corrected chi connectivity index (χ3v) is 3.68. The van der Waals surface area contributed by atoms with Gasteiger partial charge in [0.2, 0.25) is 5.91 Å². The number of furan rings is 1. The molecule has 1 rings (SSSR count). The Balaban J connectivity index is 2.18. The van der Waals surface area contributed by atoms with E-state index in [1.165, 1.54) is 18.9 Å². The van der Waals surface area contributed by atoms with Crippen molar-refractivity contribution in [1.29, 1.82) is 0 Å². The van der Waals surface area contributed by atoms with Crippen LogP contribution in [0.2, 0.25) is 0 Å². The summed E-state index contributed by atoms with van der Waals surface area (Å²) in [4.78, 5) is 24.5. The molecule has 1 aromatic rings. The van der Waals surface area contributed by atoms with E-state index in [9.17, 15) is 9.59 Å². The Kier molecular flexibility index (Phi) is 7.17. The Labute approximate surface area is 122 Å². The highest BCUT2D eigenvalue weighted by molar-refractivity contribution is 7.99. The summed E-state index contributed by atoms with van der Waals surface area (Å²) < 4.78 is 9.71. The third kappa shape index (κ3) is 5.66. The number of hydrogen-bond acceptors (Lipinski definition) is 6. The first-order valence-corrected chi connectivity index (χ1v) is 7.37.